The highest BCUT2D eigenvalue weighted by molar-refractivity contribution is 7.99. The number of carbonyl (C=O) groups excluding carboxylic acids is 2. The van der Waals surface area contributed by atoms with Crippen LogP contribution in [0.15, 0.2) is 48.5 Å². The van der Waals surface area contributed by atoms with E-state index in [1.807, 2.05) is 0 Å². The third-order valence-electron chi connectivity index (χ3n) is 5.84. The van der Waals surface area contributed by atoms with Gasteiger partial charge in [0.1, 0.15) is 5.82 Å². The Morgan fingerprint density at radius 3 is 2.39 bits per heavy atom. The van der Waals surface area contributed by atoms with E-state index in [1.165, 1.54) is 41.9 Å². The van der Waals surface area contributed by atoms with Crippen molar-refractivity contribution in [1.29, 1.82) is 0 Å². The lowest BCUT2D eigenvalue weighted by molar-refractivity contribution is -0.140. The standard InChI is InChI=1S/C22H22F4N4O2S/c1-29-18-16(20(31)30(2)21(29)32)19(28-17(27-18)13-6-8-15(23)9-7-13)33-11-12-4-3-5-14(10-12)22(24,25)26/h3-10,16-19,27-28H,11H2,1-2H3. The van der Waals surface area contributed by atoms with Crippen molar-refractivity contribution in [2.45, 2.75) is 29.6 Å². The second-order valence-electron chi connectivity index (χ2n) is 8.01. The van der Waals surface area contributed by atoms with E-state index in [4.69, 9.17) is 0 Å². The molecule has 2 heterocycles. The van der Waals surface area contributed by atoms with Crippen molar-refractivity contribution in [2.24, 2.45) is 5.92 Å². The van der Waals surface area contributed by atoms with Gasteiger partial charge in [-0.05, 0) is 29.3 Å². The first-order valence-electron chi connectivity index (χ1n) is 10.2. The minimum absolute atomic E-state index is 0.218. The quantitative estimate of drug-likeness (QED) is 0.650. The Morgan fingerprint density at radius 1 is 1.03 bits per heavy atom. The SMILES string of the molecule is CN1C(=O)C2C(SCc3cccc(C(F)(F)F)c3)NC(c3ccc(F)cc3)NC2N(C)C1=O. The minimum Gasteiger partial charge on any atom is -0.311 e. The Kier molecular flexibility index (Phi) is 6.39. The predicted octanol–water partition coefficient (Wildman–Crippen LogP) is 3.76. The summed E-state index contributed by atoms with van der Waals surface area (Å²) in [6, 6.07) is 10.4. The number of thioether (sulfide) groups is 1. The van der Waals surface area contributed by atoms with Crippen LogP contribution in [0.3, 0.4) is 0 Å². The maximum Gasteiger partial charge on any atom is 0.416 e. The molecule has 2 fully saturated rings. The van der Waals surface area contributed by atoms with E-state index in [-0.39, 0.29) is 11.7 Å². The highest BCUT2D eigenvalue weighted by atomic mass is 32.2. The van der Waals surface area contributed by atoms with E-state index < -0.39 is 47.2 Å². The van der Waals surface area contributed by atoms with Gasteiger partial charge in [0.2, 0.25) is 5.91 Å². The van der Waals surface area contributed by atoms with Crippen LogP contribution in [0.1, 0.15) is 22.9 Å². The van der Waals surface area contributed by atoms with Gasteiger partial charge in [-0.3, -0.25) is 20.3 Å². The van der Waals surface area contributed by atoms with Gasteiger partial charge in [0.15, 0.2) is 0 Å². The van der Waals surface area contributed by atoms with Crippen molar-refractivity contribution in [3.8, 4) is 0 Å². The fourth-order valence-electron chi connectivity index (χ4n) is 4.07. The topological polar surface area (TPSA) is 64.7 Å². The second kappa shape index (κ2) is 8.96. The summed E-state index contributed by atoms with van der Waals surface area (Å²) in [5.41, 5.74) is 0.428. The summed E-state index contributed by atoms with van der Waals surface area (Å²) in [4.78, 5) is 28.0. The number of halogens is 4. The van der Waals surface area contributed by atoms with Gasteiger partial charge >= 0.3 is 12.2 Å². The molecule has 0 saturated carbocycles. The van der Waals surface area contributed by atoms with Gasteiger partial charge in [0, 0.05) is 19.8 Å². The van der Waals surface area contributed by atoms with E-state index in [2.05, 4.69) is 10.6 Å². The smallest absolute Gasteiger partial charge is 0.311 e. The minimum atomic E-state index is -4.45. The number of imide groups is 1. The molecule has 33 heavy (non-hydrogen) atoms. The zero-order valence-corrected chi connectivity index (χ0v) is 18.6. The average molecular weight is 483 g/mol. The van der Waals surface area contributed by atoms with Crippen molar-refractivity contribution >= 4 is 23.7 Å². The largest absolute Gasteiger partial charge is 0.416 e. The molecule has 2 saturated heterocycles. The van der Waals surface area contributed by atoms with Gasteiger partial charge in [-0.25, -0.2) is 9.18 Å². The molecule has 176 valence electrons. The van der Waals surface area contributed by atoms with Crippen LogP contribution < -0.4 is 10.6 Å². The van der Waals surface area contributed by atoms with Gasteiger partial charge in [-0.1, -0.05) is 30.3 Å². The van der Waals surface area contributed by atoms with Crippen molar-refractivity contribution in [3.63, 3.8) is 0 Å². The van der Waals surface area contributed by atoms with Crippen LogP contribution in [-0.2, 0) is 16.7 Å². The summed E-state index contributed by atoms with van der Waals surface area (Å²) in [5, 5.41) is 6.03. The van der Waals surface area contributed by atoms with Crippen LogP contribution in [0.4, 0.5) is 22.4 Å². The Bertz CT molecular complexity index is 1050. The van der Waals surface area contributed by atoms with Gasteiger partial charge in [-0.15, -0.1) is 11.8 Å². The van der Waals surface area contributed by atoms with Gasteiger partial charge in [-0.2, -0.15) is 13.2 Å². The molecule has 3 amide bonds. The van der Waals surface area contributed by atoms with E-state index in [9.17, 15) is 27.2 Å². The molecule has 2 aliphatic heterocycles. The average Bonchev–Trinajstić information content (AvgIpc) is 2.79. The van der Waals surface area contributed by atoms with Crippen LogP contribution in [0.25, 0.3) is 0 Å². The number of fused-ring (bicyclic) bond motifs is 1. The highest BCUT2D eigenvalue weighted by Crippen LogP contribution is 2.36. The molecule has 2 aromatic rings. The number of amides is 3. The van der Waals surface area contributed by atoms with Gasteiger partial charge < -0.3 is 4.90 Å². The maximum atomic E-state index is 13.4. The summed E-state index contributed by atoms with van der Waals surface area (Å²) in [7, 11) is 2.98. The number of nitrogens with one attached hydrogen (secondary N) is 2. The zero-order valence-electron chi connectivity index (χ0n) is 17.8. The fourth-order valence-corrected chi connectivity index (χ4v) is 5.33. The highest BCUT2D eigenvalue weighted by Gasteiger charge is 2.51. The molecule has 0 bridgehead atoms. The molecule has 2 N–H and O–H groups in total. The van der Waals surface area contributed by atoms with E-state index in [0.717, 1.165) is 17.0 Å². The predicted molar refractivity (Wildman–Crippen MR) is 115 cm³/mol. The lowest BCUT2D eigenvalue weighted by atomic mass is 9.96. The molecule has 6 nitrogen and oxygen atoms in total. The summed E-state index contributed by atoms with van der Waals surface area (Å²) in [5.74, 6) is -1.24. The number of hydrogen-bond acceptors (Lipinski definition) is 5. The van der Waals surface area contributed by atoms with Crippen molar-refractivity contribution in [2.75, 3.05) is 14.1 Å². The van der Waals surface area contributed by atoms with Crippen LogP contribution in [0.5, 0.6) is 0 Å². The van der Waals surface area contributed by atoms with Crippen LogP contribution >= 0.6 is 11.8 Å². The van der Waals surface area contributed by atoms with Crippen molar-refractivity contribution < 1.29 is 27.2 Å². The Morgan fingerprint density at radius 2 is 1.73 bits per heavy atom. The third kappa shape index (κ3) is 4.71. The molecule has 2 aliphatic rings. The number of carbonyl (C=O) groups is 2. The maximum absolute atomic E-state index is 13.4. The lowest BCUT2D eigenvalue weighted by Gasteiger charge is -2.50. The van der Waals surface area contributed by atoms with E-state index >= 15 is 0 Å². The molecule has 2 aromatic carbocycles. The van der Waals surface area contributed by atoms with Crippen molar-refractivity contribution in [1.82, 2.24) is 20.4 Å². The Hall–Kier alpha value is -2.63. The molecule has 4 atom stereocenters. The van der Waals surface area contributed by atoms with Gasteiger partial charge in [0.25, 0.3) is 0 Å². The molecule has 0 aliphatic carbocycles. The van der Waals surface area contributed by atoms with Crippen LogP contribution in [0.2, 0.25) is 0 Å². The summed E-state index contributed by atoms with van der Waals surface area (Å²) in [6.45, 7) is 0. The summed E-state index contributed by atoms with van der Waals surface area (Å²) in [6.07, 6.45) is -5.59. The first-order valence-corrected chi connectivity index (χ1v) is 11.2. The summed E-state index contributed by atoms with van der Waals surface area (Å²) < 4.78 is 52.7. The molecule has 0 aromatic heterocycles. The molecule has 4 unspecified atom stereocenters. The Labute approximate surface area is 192 Å². The zero-order chi connectivity index (χ0) is 23.9. The first kappa shape index (κ1) is 23.5. The van der Waals surface area contributed by atoms with Crippen molar-refractivity contribution in [3.05, 3.63) is 71.0 Å². The second-order valence-corrected chi connectivity index (χ2v) is 9.14. The third-order valence-corrected chi connectivity index (χ3v) is 7.13. The first-order chi connectivity index (χ1) is 15.6. The van der Waals surface area contributed by atoms with Gasteiger partial charge in [0.05, 0.1) is 29.2 Å². The molecule has 0 spiro atoms. The number of urea groups is 1. The molecule has 11 heteroatoms. The van der Waals surface area contributed by atoms with Crippen LogP contribution in [-0.4, -0.2) is 47.4 Å². The van der Waals surface area contributed by atoms with E-state index in [1.54, 1.807) is 25.2 Å². The number of nitrogens with zero attached hydrogens (tertiary/aromatic N) is 2. The monoisotopic (exact) mass is 482 g/mol. The lowest BCUT2D eigenvalue weighted by Crippen LogP contribution is -2.72. The normalized spacial score (nSPS) is 25.9. The Balaban J connectivity index is 1.61. The van der Waals surface area contributed by atoms with Crippen LogP contribution in [0, 0.1) is 11.7 Å². The summed E-state index contributed by atoms with van der Waals surface area (Å²) >= 11 is 1.29. The molecule has 4 rings (SSSR count). The number of alkyl halides is 3. The fraction of sp³-hybridized carbons (Fsp3) is 0.364. The van der Waals surface area contributed by atoms with E-state index in [0.29, 0.717) is 11.1 Å². The number of benzene rings is 2. The number of hydrogen-bond donors (Lipinski definition) is 2. The molecule has 0 radical (unpaired) electrons. The molecular weight excluding hydrogens is 460 g/mol. The molecular formula is C22H22F4N4O2S. The number of rotatable bonds is 4.